The number of halogens is 3. The molecule has 0 aliphatic heterocycles. The molecule has 0 fully saturated rings. The Kier molecular flexibility index (Phi) is 6.57. The number of methoxy groups -OCH3 is 1. The number of benzene rings is 2. The van der Waals surface area contributed by atoms with Crippen LogP contribution in [0.5, 0.6) is 0 Å². The number of ether oxygens (including phenoxy) is 1. The quantitative estimate of drug-likeness (QED) is 0.500. The normalized spacial score (nSPS) is 14.8. The molecule has 2 atom stereocenters. The van der Waals surface area contributed by atoms with Gasteiger partial charge < -0.3 is 9.15 Å². The fourth-order valence-electron chi connectivity index (χ4n) is 3.61. The van der Waals surface area contributed by atoms with Crippen LogP contribution in [0.1, 0.15) is 31.9 Å². The van der Waals surface area contributed by atoms with Crippen molar-refractivity contribution in [3.63, 3.8) is 0 Å². The Morgan fingerprint density at radius 2 is 1.69 bits per heavy atom. The van der Waals surface area contributed by atoms with Crippen LogP contribution in [0.3, 0.4) is 0 Å². The molecule has 0 saturated carbocycles. The number of carbonyl (C=O) groups excluding carboxylic acids is 1. The van der Waals surface area contributed by atoms with E-state index in [1.807, 2.05) is 0 Å². The Morgan fingerprint density at radius 3 is 2.22 bits per heavy atom. The third-order valence-electron chi connectivity index (χ3n) is 5.12. The van der Waals surface area contributed by atoms with Crippen molar-refractivity contribution in [3.8, 4) is 0 Å². The van der Waals surface area contributed by atoms with E-state index in [1.54, 1.807) is 19.9 Å². The number of hydrogen-bond donors (Lipinski definition) is 1. The fraction of sp³-hybridized carbons (Fsp3) is 0.409. The van der Waals surface area contributed by atoms with Gasteiger partial charge in [0.2, 0.25) is 0 Å². The summed E-state index contributed by atoms with van der Waals surface area (Å²) >= 11 is 0. The number of sulfone groups is 1. The Balaban J connectivity index is 2.06. The Bertz CT molecular complexity index is 1250. The molecule has 0 radical (unpaired) electrons. The average molecular weight is 471 g/mol. The van der Waals surface area contributed by atoms with Crippen molar-refractivity contribution in [3.05, 3.63) is 42.0 Å². The second-order valence-corrected chi connectivity index (χ2v) is 10.2. The number of fused-ring (bicyclic) bond motifs is 3. The standard InChI is InChI=1S/C22H24F3NO5S/c1-12(2)9-17(21(27)30-3)26-20(22(23,24)25)13-5-7-15-16-8-6-14(32(4,28)29)11-19(16)31-18(15)10-13/h5-8,10-12,17,20,26H,9H2,1-4H3/t17-,20?/m0/s1. The SMILES string of the molecule is COC(=O)[C@H](CC(C)C)NC(c1ccc2c(c1)oc1cc(S(C)(=O)=O)ccc12)C(F)(F)F. The Morgan fingerprint density at radius 1 is 1.09 bits per heavy atom. The molecule has 174 valence electrons. The first kappa shape index (κ1) is 24.1. The van der Waals surface area contributed by atoms with Crippen molar-refractivity contribution in [1.29, 1.82) is 0 Å². The monoisotopic (exact) mass is 471 g/mol. The maximum atomic E-state index is 13.9. The van der Waals surface area contributed by atoms with Gasteiger partial charge in [-0.2, -0.15) is 13.2 Å². The third kappa shape index (κ3) is 5.07. The summed E-state index contributed by atoms with van der Waals surface area (Å²) in [7, 11) is -2.34. The van der Waals surface area contributed by atoms with Gasteiger partial charge in [-0.3, -0.25) is 10.1 Å². The first-order valence-electron chi connectivity index (χ1n) is 9.88. The third-order valence-corrected chi connectivity index (χ3v) is 6.23. The predicted molar refractivity (Wildman–Crippen MR) is 114 cm³/mol. The summed E-state index contributed by atoms with van der Waals surface area (Å²) in [6.45, 7) is 3.59. The van der Waals surface area contributed by atoms with Gasteiger partial charge in [-0.25, -0.2) is 8.42 Å². The van der Waals surface area contributed by atoms with E-state index in [0.717, 1.165) is 13.4 Å². The average Bonchev–Trinajstić information content (AvgIpc) is 3.05. The lowest BCUT2D eigenvalue weighted by Crippen LogP contribution is -2.45. The van der Waals surface area contributed by atoms with Gasteiger partial charge in [-0.15, -0.1) is 0 Å². The minimum absolute atomic E-state index is 0.0395. The largest absolute Gasteiger partial charge is 0.468 e. The molecule has 0 spiro atoms. The zero-order chi connectivity index (χ0) is 23.8. The van der Waals surface area contributed by atoms with Gasteiger partial charge in [-0.1, -0.05) is 26.0 Å². The Hall–Kier alpha value is -2.59. The first-order valence-corrected chi connectivity index (χ1v) is 11.8. The Labute approximate surface area is 183 Å². The molecular weight excluding hydrogens is 447 g/mol. The molecule has 2 aromatic carbocycles. The van der Waals surface area contributed by atoms with Crippen molar-refractivity contribution >= 4 is 37.7 Å². The van der Waals surface area contributed by atoms with E-state index in [-0.39, 0.29) is 34.0 Å². The van der Waals surface area contributed by atoms with Gasteiger partial charge in [0.05, 0.1) is 12.0 Å². The number of hydrogen-bond acceptors (Lipinski definition) is 6. The van der Waals surface area contributed by atoms with E-state index in [4.69, 9.17) is 4.42 Å². The second kappa shape index (κ2) is 8.74. The van der Waals surface area contributed by atoms with Crippen LogP contribution in [0.15, 0.2) is 45.7 Å². The number of nitrogens with one attached hydrogen (secondary N) is 1. The summed E-state index contributed by atoms with van der Waals surface area (Å²) < 4.78 is 75.8. The molecule has 1 N–H and O–H groups in total. The number of furan rings is 1. The number of alkyl halides is 3. The minimum atomic E-state index is -4.69. The van der Waals surface area contributed by atoms with Gasteiger partial charge >= 0.3 is 12.1 Å². The molecule has 0 saturated heterocycles. The molecule has 0 aliphatic rings. The zero-order valence-electron chi connectivity index (χ0n) is 18.0. The highest BCUT2D eigenvalue weighted by Crippen LogP contribution is 2.37. The van der Waals surface area contributed by atoms with Crippen molar-refractivity contribution in [1.82, 2.24) is 5.32 Å². The van der Waals surface area contributed by atoms with Crippen LogP contribution in [0.2, 0.25) is 0 Å². The van der Waals surface area contributed by atoms with E-state index in [9.17, 15) is 26.4 Å². The summed E-state index contributed by atoms with van der Waals surface area (Å²) in [5.41, 5.74) is 0.298. The second-order valence-electron chi connectivity index (χ2n) is 8.13. The molecule has 6 nitrogen and oxygen atoms in total. The summed E-state index contributed by atoms with van der Waals surface area (Å²) in [5, 5.41) is 3.54. The molecule has 10 heteroatoms. The summed E-state index contributed by atoms with van der Waals surface area (Å²) in [5.74, 6) is -0.812. The van der Waals surface area contributed by atoms with Gasteiger partial charge in [0.15, 0.2) is 9.84 Å². The van der Waals surface area contributed by atoms with E-state index >= 15 is 0 Å². The topological polar surface area (TPSA) is 85.6 Å². The first-order chi connectivity index (χ1) is 14.8. The van der Waals surface area contributed by atoms with E-state index in [0.29, 0.717) is 10.8 Å². The fourth-order valence-corrected chi connectivity index (χ4v) is 4.25. The van der Waals surface area contributed by atoms with E-state index < -0.39 is 34.1 Å². The van der Waals surface area contributed by atoms with Gasteiger partial charge in [0, 0.05) is 23.1 Å². The molecule has 0 amide bonds. The molecule has 0 aliphatic carbocycles. The lowest BCUT2D eigenvalue weighted by molar-refractivity contribution is -0.164. The van der Waals surface area contributed by atoms with Gasteiger partial charge in [-0.05, 0) is 36.1 Å². The molecular formula is C22H24F3NO5S. The molecule has 0 bridgehead atoms. The van der Waals surface area contributed by atoms with Crippen LogP contribution >= 0.6 is 0 Å². The maximum Gasteiger partial charge on any atom is 0.407 e. The number of esters is 1. The smallest absolute Gasteiger partial charge is 0.407 e. The predicted octanol–water partition coefficient (Wildman–Crippen LogP) is 4.77. The van der Waals surface area contributed by atoms with Crippen LogP contribution in [0.4, 0.5) is 13.2 Å². The van der Waals surface area contributed by atoms with Crippen LogP contribution in [-0.4, -0.2) is 40.0 Å². The van der Waals surface area contributed by atoms with Crippen molar-refractivity contribution < 1.29 is 35.5 Å². The molecule has 1 aromatic heterocycles. The lowest BCUT2D eigenvalue weighted by Gasteiger charge is -2.27. The molecule has 32 heavy (non-hydrogen) atoms. The molecule has 1 heterocycles. The molecule has 1 unspecified atom stereocenters. The molecule has 3 rings (SSSR count). The van der Waals surface area contributed by atoms with Crippen LogP contribution in [0.25, 0.3) is 21.9 Å². The maximum absolute atomic E-state index is 13.9. The van der Waals surface area contributed by atoms with Crippen LogP contribution in [-0.2, 0) is 19.4 Å². The summed E-state index contributed by atoms with van der Waals surface area (Å²) in [6.07, 6.45) is -3.46. The number of carbonyl (C=O) groups is 1. The van der Waals surface area contributed by atoms with E-state index in [2.05, 4.69) is 10.1 Å². The van der Waals surface area contributed by atoms with Crippen LogP contribution in [0, 0.1) is 5.92 Å². The highest BCUT2D eigenvalue weighted by Gasteiger charge is 2.43. The highest BCUT2D eigenvalue weighted by atomic mass is 32.2. The number of rotatable bonds is 7. The lowest BCUT2D eigenvalue weighted by atomic mass is 9.99. The van der Waals surface area contributed by atoms with Gasteiger partial charge in [0.1, 0.15) is 23.2 Å². The van der Waals surface area contributed by atoms with Crippen molar-refractivity contribution in [2.24, 2.45) is 5.92 Å². The van der Waals surface area contributed by atoms with Crippen molar-refractivity contribution in [2.75, 3.05) is 13.4 Å². The van der Waals surface area contributed by atoms with E-state index in [1.165, 1.54) is 30.3 Å². The van der Waals surface area contributed by atoms with Crippen molar-refractivity contribution in [2.45, 2.75) is 43.4 Å². The van der Waals surface area contributed by atoms with Gasteiger partial charge in [0.25, 0.3) is 0 Å². The summed E-state index contributed by atoms with van der Waals surface area (Å²) in [6, 6.07) is 5.12. The van der Waals surface area contributed by atoms with Crippen LogP contribution < -0.4 is 5.32 Å². The zero-order valence-corrected chi connectivity index (χ0v) is 18.8. The summed E-state index contributed by atoms with van der Waals surface area (Å²) in [4.78, 5) is 12.1. The minimum Gasteiger partial charge on any atom is -0.468 e. The molecule has 3 aromatic rings. The highest BCUT2D eigenvalue weighted by molar-refractivity contribution is 7.90.